The Hall–Kier alpha value is -2.12. The number of rotatable bonds is 8. The largest absolute Gasteiger partial charge is 0.481 e. The molecule has 0 heterocycles. The summed E-state index contributed by atoms with van der Waals surface area (Å²) in [5.41, 5.74) is 3.49. The summed E-state index contributed by atoms with van der Waals surface area (Å²) in [6.07, 6.45) is 0.921. The molecular formula is C23H45NO7. The number of esters is 2. The molecule has 3 N–H and O–H groups in total. The van der Waals surface area contributed by atoms with Gasteiger partial charge in [-0.1, -0.05) is 20.8 Å². The number of ether oxygens (including phenoxy) is 2. The summed E-state index contributed by atoms with van der Waals surface area (Å²) in [6.45, 7) is 20.0. The van der Waals surface area contributed by atoms with Crippen LogP contribution < -0.4 is 5.73 Å². The lowest BCUT2D eigenvalue weighted by atomic mass is 9.83. The standard InChI is InChI=1S/C12H23NO3.C9H16O4.C2H6/c1-8(9(13)14)7-12(5,6)10(15)16-11(2,3)4;1-9(2,3)13-8(12)6-4-5-7(10)11;1-2/h8H,7H2,1-6H3,(H2,13,14);4-6H2,1-3H3,(H,10,11);1-2H3. The molecule has 0 saturated heterocycles. The van der Waals surface area contributed by atoms with E-state index >= 15 is 0 Å². The Morgan fingerprint density at radius 3 is 1.58 bits per heavy atom. The van der Waals surface area contributed by atoms with Crippen molar-refractivity contribution < 1.29 is 33.8 Å². The SMILES string of the molecule is CC.CC(C)(C)OC(=O)CCCC(=O)O.CC(CC(C)(C)C(=O)OC(C)(C)C)C(N)=O. The second-order valence-electron chi connectivity index (χ2n) is 9.73. The molecular weight excluding hydrogens is 402 g/mol. The fraction of sp³-hybridized carbons (Fsp3) is 0.826. The van der Waals surface area contributed by atoms with Crippen molar-refractivity contribution in [2.45, 2.75) is 113 Å². The van der Waals surface area contributed by atoms with Crippen LogP contribution in [0.25, 0.3) is 0 Å². The summed E-state index contributed by atoms with van der Waals surface area (Å²) in [4.78, 5) is 44.0. The average Bonchev–Trinajstić information content (AvgIpc) is 2.53. The van der Waals surface area contributed by atoms with Crippen molar-refractivity contribution in [1.29, 1.82) is 0 Å². The Kier molecular flexibility index (Phi) is 16.0. The highest BCUT2D eigenvalue weighted by molar-refractivity contribution is 5.80. The zero-order valence-electron chi connectivity index (χ0n) is 21.4. The van der Waals surface area contributed by atoms with Gasteiger partial charge in [-0.2, -0.15) is 0 Å². The third-order valence-corrected chi connectivity index (χ3v) is 3.45. The van der Waals surface area contributed by atoms with E-state index in [4.69, 9.17) is 20.3 Å². The lowest BCUT2D eigenvalue weighted by Gasteiger charge is -2.29. The van der Waals surface area contributed by atoms with Crippen LogP contribution in [-0.4, -0.2) is 40.1 Å². The van der Waals surface area contributed by atoms with Crippen molar-refractivity contribution in [3.05, 3.63) is 0 Å². The van der Waals surface area contributed by atoms with Crippen LogP contribution in [0.15, 0.2) is 0 Å². The predicted molar refractivity (Wildman–Crippen MR) is 121 cm³/mol. The van der Waals surface area contributed by atoms with E-state index in [-0.39, 0.29) is 30.7 Å². The highest BCUT2D eigenvalue weighted by Crippen LogP contribution is 2.28. The topological polar surface area (TPSA) is 133 Å². The first-order valence-corrected chi connectivity index (χ1v) is 10.7. The zero-order valence-corrected chi connectivity index (χ0v) is 21.4. The molecule has 8 heteroatoms. The van der Waals surface area contributed by atoms with Crippen molar-refractivity contribution in [2.24, 2.45) is 17.1 Å². The Bertz CT molecular complexity index is 569. The minimum Gasteiger partial charge on any atom is -0.481 e. The first-order chi connectivity index (χ1) is 13.8. The van der Waals surface area contributed by atoms with Crippen molar-refractivity contribution in [1.82, 2.24) is 0 Å². The predicted octanol–water partition coefficient (Wildman–Crippen LogP) is 4.48. The van der Waals surface area contributed by atoms with Gasteiger partial charge in [0.25, 0.3) is 0 Å². The molecule has 184 valence electrons. The number of carboxylic acid groups (broad SMARTS) is 1. The van der Waals surface area contributed by atoms with Crippen LogP contribution in [0.5, 0.6) is 0 Å². The summed E-state index contributed by atoms with van der Waals surface area (Å²) < 4.78 is 10.3. The van der Waals surface area contributed by atoms with Gasteiger partial charge in [0.15, 0.2) is 0 Å². The van der Waals surface area contributed by atoms with Gasteiger partial charge in [-0.25, -0.2) is 0 Å². The maximum atomic E-state index is 11.9. The molecule has 1 amide bonds. The average molecular weight is 448 g/mol. The molecule has 1 atom stereocenters. The highest BCUT2D eigenvalue weighted by Gasteiger charge is 2.35. The molecule has 0 spiro atoms. The molecule has 0 rings (SSSR count). The maximum Gasteiger partial charge on any atom is 0.312 e. The molecule has 0 saturated carbocycles. The van der Waals surface area contributed by atoms with E-state index in [9.17, 15) is 19.2 Å². The molecule has 0 bridgehead atoms. The normalized spacial score (nSPS) is 12.2. The van der Waals surface area contributed by atoms with Gasteiger partial charge in [-0.15, -0.1) is 0 Å². The van der Waals surface area contributed by atoms with Crippen LogP contribution in [0, 0.1) is 11.3 Å². The van der Waals surface area contributed by atoms with Crippen LogP contribution in [0.4, 0.5) is 0 Å². The molecule has 1 unspecified atom stereocenters. The van der Waals surface area contributed by atoms with Crippen LogP contribution in [0.1, 0.15) is 102 Å². The minimum absolute atomic E-state index is 0.0131. The number of carbonyl (C=O) groups excluding carboxylic acids is 3. The second-order valence-corrected chi connectivity index (χ2v) is 9.73. The molecule has 8 nitrogen and oxygen atoms in total. The summed E-state index contributed by atoms with van der Waals surface area (Å²) in [7, 11) is 0. The van der Waals surface area contributed by atoms with E-state index in [1.807, 2.05) is 34.6 Å². The van der Waals surface area contributed by atoms with Crippen molar-refractivity contribution in [2.75, 3.05) is 0 Å². The monoisotopic (exact) mass is 447 g/mol. The first-order valence-electron chi connectivity index (χ1n) is 10.7. The van der Waals surface area contributed by atoms with Gasteiger partial charge < -0.3 is 20.3 Å². The van der Waals surface area contributed by atoms with E-state index < -0.39 is 28.5 Å². The van der Waals surface area contributed by atoms with Gasteiger partial charge in [0, 0.05) is 18.8 Å². The van der Waals surface area contributed by atoms with Gasteiger partial charge in [0.2, 0.25) is 5.91 Å². The zero-order chi connectivity index (χ0) is 25.6. The summed E-state index contributed by atoms with van der Waals surface area (Å²) in [5, 5.41) is 8.31. The van der Waals surface area contributed by atoms with Gasteiger partial charge in [-0.3, -0.25) is 19.2 Å². The van der Waals surface area contributed by atoms with Crippen molar-refractivity contribution in [3.8, 4) is 0 Å². The Labute approximate surface area is 188 Å². The first kappa shape index (κ1) is 33.5. The molecule has 0 aromatic carbocycles. The van der Waals surface area contributed by atoms with E-state index in [2.05, 4.69) is 0 Å². The number of nitrogens with two attached hydrogens (primary N) is 1. The molecule has 0 aliphatic rings. The number of hydrogen-bond acceptors (Lipinski definition) is 6. The van der Waals surface area contributed by atoms with Crippen LogP contribution in [0.2, 0.25) is 0 Å². The van der Waals surface area contributed by atoms with Crippen LogP contribution in [-0.2, 0) is 28.7 Å². The molecule has 0 aliphatic carbocycles. The molecule has 0 aromatic rings. The van der Waals surface area contributed by atoms with Gasteiger partial charge in [-0.05, 0) is 68.2 Å². The molecule has 0 aliphatic heterocycles. The summed E-state index contributed by atoms with van der Waals surface area (Å²) >= 11 is 0. The fourth-order valence-corrected chi connectivity index (χ4v) is 2.14. The van der Waals surface area contributed by atoms with Gasteiger partial charge in [0.1, 0.15) is 11.2 Å². The maximum absolute atomic E-state index is 11.9. The lowest BCUT2D eigenvalue weighted by Crippen LogP contribution is -2.36. The highest BCUT2D eigenvalue weighted by atomic mass is 16.6. The Morgan fingerprint density at radius 1 is 0.839 bits per heavy atom. The van der Waals surface area contributed by atoms with Crippen molar-refractivity contribution in [3.63, 3.8) is 0 Å². The number of carboxylic acids is 1. The summed E-state index contributed by atoms with van der Waals surface area (Å²) in [6, 6.07) is 0. The van der Waals surface area contributed by atoms with Crippen molar-refractivity contribution >= 4 is 23.8 Å². The molecule has 0 radical (unpaired) electrons. The minimum atomic E-state index is -0.886. The Morgan fingerprint density at radius 2 is 1.26 bits per heavy atom. The third kappa shape index (κ3) is 22.4. The third-order valence-electron chi connectivity index (χ3n) is 3.45. The second kappa shape index (κ2) is 14.8. The Balaban J connectivity index is -0.000000476. The fourth-order valence-electron chi connectivity index (χ4n) is 2.14. The molecule has 31 heavy (non-hydrogen) atoms. The molecule has 0 aromatic heterocycles. The number of hydrogen-bond donors (Lipinski definition) is 2. The van der Waals surface area contributed by atoms with Gasteiger partial charge >= 0.3 is 17.9 Å². The van der Waals surface area contributed by atoms with E-state index in [1.54, 1.807) is 41.5 Å². The number of carbonyl (C=O) groups is 4. The molecule has 0 fully saturated rings. The lowest BCUT2D eigenvalue weighted by molar-refractivity contribution is -0.166. The number of aliphatic carboxylic acids is 1. The summed E-state index contributed by atoms with van der Waals surface area (Å²) in [5.74, 6) is -2.25. The number of primary amides is 1. The van der Waals surface area contributed by atoms with Gasteiger partial charge in [0.05, 0.1) is 5.41 Å². The van der Waals surface area contributed by atoms with Crippen LogP contribution >= 0.6 is 0 Å². The van der Waals surface area contributed by atoms with E-state index in [0.29, 0.717) is 12.8 Å². The quantitative estimate of drug-likeness (QED) is 0.524. The van der Waals surface area contributed by atoms with E-state index in [1.165, 1.54) is 0 Å². The van der Waals surface area contributed by atoms with Crippen LogP contribution in [0.3, 0.4) is 0 Å². The number of amides is 1. The van der Waals surface area contributed by atoms with E-state index in [0.717, 1.165) is 0 Å². The smallest absolute Gasteiger partial charge is 0.312 e.